The number of carbonyl (C=O) groups excluding carboxylic acids is 1. The molecule has 320 valence electrons. The second-order valence-corrected chi connectivity index (χ2v) is 16.7. The molecule has 2 unspecified atom stereocenters. The highest BCUT2D eigenvalue weighted by Crippen LogP contribution is 2.43. The molecule has 0 spiro atoms. The van der Waals surface area contributed by atoms with Gasteiger partial charge in [-0.15, -0.1) is 0 Å². The first kappa shape index (κ1) is 53.0. The van der Waals surface area contributed by atoms with Crippen molar-refractivity contribution in [3.8, 4) is 0 Å². The van der Waals surface area contributed by atoms with Crippen molar-refractivity contribution in [1.82, 2.24) is 0 Å². The Morgan fingerprint density at radius 3 is 1.46 bits per heavy atom. The van der Waals surface area contributed by atoms with Crippen LogP contribution in [0.1, 0.15) is 219 Å². The van der Waals surface area contributed by atoms with E-state index >= 15 is 0 Å². The Bertz CT molecular complexity index is 884. The van der Waals surface area contributed by atoms with Crippen LogP contribution >= 0.6 is 7.82 Å². The number of phosphoric ester groups is 1. The summed E-state index contributed by atoms with van der Waals surface area (Å²) in [6.07, 6.45) is 47.6. The maximum atomic E-state index is 12.6. The molecule has 0 heterocycles. The second-order valence-electron chi connectivity index (χ2n) is 15.3. The largest absolute Gasteiger partial charge is 0.472 e. The van der Waals surface area contributed by atoms with Gasteiger partial charge in [0.1, 0.15) is 6.10 Å². The van der Waals surface area contributed by atoms with E-state index in [1.54, 1.807) is 0 Å². The lowest BCUT2D eigenvalue weighted by Gasteiger charge is -2.20. The molecular weight excluding hydrogens is 697 g/mol. The van der Waals surface area contributed by atoms with Crippen molar-refractivity contribution in [2.45, 2.75) is 225 Å². The predicted molar refractivity (Wildman–Crippen MR) is 229 cm³/mol. The zero-order valence-electron chi connectivity index (χ0n) is 35.5. The smallest absolute Gasteiger partial charge is 0.457 e. The molecule has 0 saturated carbocycles. The number of phosphoric acid groups is 1. The van der Waals surface area contributed by atoms with Crippen molar-refractivity contribution < 1.29 is 32.8 Å². The zero-order chi connectivity index (χ0) is 39.5. The van der Waals surface area contributed by atoms with Crippen molar-refractivity contribution >= 4 is 13.8 Å². The fraction of sp³-hybridized carbons (Fsp3) is 0.889. The molecule has 0 aliphatic carbocycles. The quantitative estimate of drug-likeness (QED) is 0.0271. The molecule has 0 aromatic heterocycles. The number of hydrogen-bond acceptors (Lipinski definition) is 7. The van der Waals surface area contributed by atoms with Crippen LogP contribution in [0.2, 0.25) is 0 Å². The minimum atomic E-state index is -4.27. The van der Waals surface area contributed by atoms with Gasteiger partial charge in [-0.25, -0.2) is 4.57 Å². The van der Waals surface area contributed by atoms with Crippen LogP contribution in [0.15, 0.2) is 24.3 Å². The van der Waals surface area contributed by atoms with Crippen LogP contribution in [0.4, 0.5) is 0 Å². The molecule has 0 bridgehead atoms. The Kier molecular flexibility index (Phi) is 42.3. The number of rotatable bonds is 44. The van der Waals surface area contributed by atoms with Crippen molar-refractivity contribution in [3.63, 3.8) is 0 Å². The number of nitrogens with two attached hydrogens (primary N) is 1. The number of hydrogen-bond donors (Lipinski definition) is 2. The van der Waals surface area contributed by atoms with Gasteiger partial charge in [0, 0.05) is 19.6 Å². The average molecular weight is 786 g/mol. The molecule has 0 aromatic carbocycles. The van der Waals surface area contributed by atoms with Crippen LogP contribution in [0.5, 0.6) is 0 Å². The molecule has 0 aliphatic heterocycles. The monoisotopic (exact) mass is 786 g/mol. The van der Waals surface area contributed by atoms with E-state index in [-0.39, 0.29) is 32.3 Å². The van der Waals surface area contributed by atoms with Gasteiger partial charge in [-0.3, -0.25) is 13.8 Å². The molecule has 0 amide bonds. The van der Waals surface area contributed by atoms with E-state index in [0.29, 0.717) is 13.0 Å². The Hall–Kier alpha value is -1.02. The highest BCUT2D eigenvalue weighted by atomic mass is 31.2. The van der Waals surface area contributed by atoms with Gasteiger partial charge < -0.3 is 20.1 Å². The normalized spacial score (nSPS) is 13.6. The number of ether oxygens (including phenoxy) is 2. The predicted octanol–water partition coefficient (Wildman–Crippen LogP) is 13.6. The van der Waals surface area contributed by atoms with Crippen LogP contribution < -0.4 is 5.73 Å². The maximum absolute atomic E-state index is 12.6. The first-order valence-electron chi connectivity index (χ1n) is 22.8. The Labute approximate surface area is 334 Å². The summed E-state index contributed by atoms with van der Waals surface area (Å²) in [5.41, 5.74) is 5.37. The molecule has 0 saturated heterocycles. The van der Waals surface area contributed by atoms with Gasteiger partial charge in [-0.2, -0.15) is 0 Å². The van der Waals surface area contributed by atoms with Crippen LogP contribution in [0, 0.1) is 0 Å². The summed E-state index contributed by atoms with van der Waals surface area (Å²) >= 11 is 0. The molecule has 0 radical (unpaired) electrons. The third-order valence-electron chi connectivity index (χ3n) is 9.87. The summed E-state index contributed by atoms with van der Waals surface area (Å²) in [6, 6.07) is 0. The number of allylic oxidation sites excluding steroid dienone is 4. The fourth-order valence-electron chi connectivity index (χ4n) is 6.50. The molecule has 0 aromatic rings. The SMILES string of the molecule is CCCCCC/C=C\C/C=C\CCCCCCCCCCOCC(COP(=O)(O)OCCN)OC(=O)CCCCCCCCCCCCCCCCCC. The zero-order valence-corrected chi connectivity index (χ0v) is 36.4. The van der Waals surface area contributed by atoms with Gasteiger partial charge in [0.15, 0.2) is 0 Å². The second kappa shape index (κ2) is 43.1. The summed E-state index contributed by atoms with van der Waals surface area (Å²) in [5, 5.41) is 0. The molecule has 0 aliphatic rings. The molecule has 0 rings (SSSR count). The fourth-order valence-corrected chi connectivity index (χ4v) is 7.26. The molecule has 9 heteroatoms. The van der Waals surface area contributed by atoms with Gasteiger partial charge in [0.05, 0.1) is 19.8 Å². The summed E-state index contributed by atoms with van der Waals surface area (Å²) in [7, 11) is -4.27. The standard InChI is InChI=1S/C45H88NO7P/c1-3-5-7-9-11-13-15-17-19-21-22-23-25-27-29-31-33-35-37-40-50-42-44(43-52-54(48,49)51-41-39-46)53-45(47)38-36-34-32-30-28-26-24-20-18-16-14-12-10-8-6-4-2/h13,15,19,21,44H,3-12,14,16-18,20,22-43,46H2,1-2H3,(H,48,49)/b15-13-,21-19-. The van der Waals surface area contributed by atoms with Crippen molar-refractivity contribution in [2.75, 3.05) is 33.0 Å². The molecular formula is C45H88NO7P. The molecule has 2 atom stereocenters. The number of unbranched alkanes of at least 4 members (excludes halogenated alkanes) is 27. The van der Waals surface area contributed by atoms with E-state index in [1.165, 1.54) is 161 Å². The van der Waals surface area contributed by atoms with E-state index < -0.39 is 13.9 Å². The summed E-state index contributed by atoms with van der Waals surface area (Å²) in [4.78, 5) is 22.5. The van der Waals surface area contributed by atoms with Crippen LogP contribution in [0.25, 0.3) is 0 Å². The third kappa shape index (κ3) is 42.1. The van der Waals surface area contributed by atoms with Gasteiger partial charge in [0.25, 0.3) is 0 Å². The van der Waals surface area contributed by atoms with Gasteiger partial charge >= 0.3 is 13.8 Å². The molecule has 3 N–H and O–H groups in total. The van der Waals surface area contributed by atoms with E-state index in [1.807, 2.05) is 0 Å². The van der Waals surface area contributed by atoms with Crippen LogP contribution in [-0.4, -0.2) is 49.9 Å². The Morgan fingerprint density at radius 1 is 0.556 bits per heavy atom. The maximum Gasteiger partial charge on any atom is 0.472 e. The van der Waals surface area contributed by atoms with Crippen LogP contribution in [-0.2, 0) is 27.9 Å². The van der Waals surface area contributed by atoms with E-state index in [4.69, 9.17) is 24.3 Å². The molecule has 0 fully saturated rings. The third-order valence-corrected chi connectivity index (χ3v) is 10.9. The van der Waals surface area contributed by atoms with E-state index in [2.05, 4.69) is 38.2 Å². The summed E-state index contributed by atoms with van der Waals surface area (Å²) in [5.74, 6) is -0.329. The van der Waals surface area contributed by atoms with Gasteiger partial charge in [0.2, 0.25) is 0 Å². The Balaban J connectivity index is 3.99. The minimum Gasteiger partial charge on any atom is -0.457 e. The van der Waals surface area contributed by atoms with Crippen LogP contribution in [0.3, 0.4) is 0 Å². The molecule has 8 nitrogen and oxygen atoms in total. The number of carbonyl (C=O) groups is 1. The van der Waals surface area contributed by atoms with Crippen molar-refractivity contribution in [2.24, 2.45) is 5.73 Å². The van der Waals surface area contributed by atoms with E-state index in [0.717, 1.165) is 38.5 Å². The lowest BCUT2D eigenvalue weighted by molar-refractivity contribution is -0.154. The Morgan fingerprint density at radius 2 is 0.981 bits per heavy atom. The minimum absolute atomic E-state index is 0.0945. The highest BCUT2D eigenvalue weighted by molar-refractivity contribution is 7.47. The summed E-state index contributed by atoms with van der Waals surface area (Å²) < 4.78 is 33.5. The summed E-state index contributed by atoms with van der Waals surface area (Å²) in [6.45, 7) is 4.93. The highest BCUT2D eigenvalue weighted by Gasteiger charge is 2.25. The first-order valence-corrected chi connectivity index (χ1v) is 24.3. The lowest BCUT2D eigenvalue weighted by atomic mass is 10.0. The van der Waals surface area contributed by atoms with Gasteiger partial charge in [-0.1, -0.05) is 192 Å². The van der Waals surface area contributed by atoms with Crippen molar-refractivity contribution in [3.05, 3.63) is 24.3 Å². The average Bonchev–Trinajstić information content (AvgIpc) is 3.16. The van der Waals surface area contributed by atoms with Crippen molar-refractivity contribution in [1.29, 1.82) is 0 Å². The lowest BCUT2D eigenvalue weighted by Crippen LogP contribution is -2.28. The number of esters is 1. The molecule has 54 heavy (non-hydrogen) atoms. The topological polar surface area (TPSA) is 117 Å². The van der Waals surface area contributed by atoms with Gasteiger partial charge in [-0.05, 0) is 44.9 Å². The first-order chi connectivity index (χ1) is 26.4. The van der Waals surface area contributed by atoms with E-state index in [9.17, 15) is 14.3 Å².